The third kappa shape index (κ3) is 3.07. The molecule has 2 rings (SSSR count). The van der Waals surface area contributed by atoms with Crippen molar-refractivity contribution in [2.75, 3.05) is 0 Å². The maximum Gasteiger partial charge on any atom is 0.277 e. The molecule has 0 heterocycles. The van der Waals surface area contributed by atoms with Gasteiger partial charge in [0.2, 0.25) is 0 Å². The van der Waals surface area contributed by atoms with Gasteiger partial charge in [0.05, 0.1) is 15.5 Å². The number of nitrogens with two attached hydrogens (primary N) is 1. The summed E-state index contributed by atoms with van der Waals surface area (Å²) in [6.07, 6.45) is 0. The Morgan fingerprint density at radius 3 is 2.65 bits per heavy atom. The van der Waals surface area contributed by atoms with Gasteiger partial charge in [-0.15, -0.1) is 0 Å². The van der Waals surface area contributed by atoms with E-state index in [1.165, 1.54) is 12.1 Å². The first-order valence-corrected chi connectivity index (χ1v) is 6.34. The molecule has 0 aliphatic rings. The van der Waals surface area contributed by atoms with E-state index in [4.69, 9.17) is 22.1 Å². The summed E-state index contributed by atoms with van der Waals surface area (Å²) in [5.41, 5.74) is 6.75. The fourth-order valence-corrected chi connectivity index (χ4v) is 2.05. The van der Waals surface area contributed by atoms with Crippen LogP contribution in [0.15, 0.2) is 42.5 Å². The van der Waals surface area contributed by atoms with E-state index >= 15 is 0 Å². The molecular weight excluding hydrogens is 280 g/mol. The summed E-state index contributed by atoms with van der Waals surface area (Å²) < 4.78 is 5.62. The number of benzene rings is 2. The zero-order valence-corrected chi connectivity index (χ0v) is 11.3. The summed E-state index contributed by atoms with van der Waals surface area (Å²) in [4.78, 5) is 10.5. The van der Waals surface area contributed by atoms with Gasteiger partial charge in [0.15, 0.2) is 0 Å². The summed E-state index contributed by atoms with van der Waals surface area (Å²) >= 11 is 6.00. The van der Waals surface area contributed by atoms with Gasteiger partial charge in [-0.3, -0.25) is 10.1 Å². The first-order chi connectivity index (χ1) is 9.63. The molecule has 0 aliphatic heterocycles. The van der Waals surface area contributed by atoms with Crippen LogP contribution in [0.3, 0.4) is 0 Å². The van der Waals surface area contributed by atoms with E-state index in [1.807, 2.05) is 18.2 Å². The summed E-state index contributed by atoms with van der Waals surface area (Å²) in [5, 5.41) is 11.3. The molecule has 0 spiro atoms. The maximum atomic E-state index is 11.0. The van der Waals surface area contributed by atoms with Crippen molar-refractivity contribution < 1.29 is 9.66 Å². The van der Waals surface area contributed by atoms with Crippen LogP contribution >= 0.6 is 11.6 Å². The Kier molecular flexibility index (Phi) is 4.55. The SMILES string of the molecule is NCc1ccccc1OCc1c(Cl)cccc1[N+](=O)[O-]. The fraction of sp³-hybridized carbons (Fsp3) is 0.143. The molecule has 0 saturated heterocycles. The Hall–Kier alpha value is -2.11. The minimum Gasteiger partial charge on any atom is -0.488 e. The maximum absolute atomic E-state index is 11.0. The van der Waals surface area contributed by atoms with E-state index in [9.17, 15) is 10.1 Å². The van der Waals surface area contributed by atoms with Crippen LogP contribution in [0.25, 0.3) is 0 Å². The topological polar surface area (TPSA) is 78.4 Å². The molecule has 5 nitrogen and oxygen atoms in total. The number of para-hydroxylation sites is 1. The van der Waals surface area contributed by atoms with E-state index in [1.54, 1.807) is 12.1 Å². The van der Waals surface area contributed by atoms with Crippen molar-refractivity contribution in [2.45, 2.75) is 13.2 Å². The van der Waals surface area contributed by atoms with E-state index < -0.39 is 4.92 Å². The summed E-state index contributed by atoms with van der Waals surface area (Å²) in [5.74, 6) is 0.601. The highest BCUT2D eigenvalue weighted by atomic mass is 35.5. The fourth-order valence-electron chi connectivity index (χ4n) is 1.82. The monoisotopic (exact) mass is 292 g/mol. The van der Waals surface area contributed by atoms with Gasteiger partial charge in [-0.1, -0.05) is 35.9 Å². The van der Waals surface area contributed by atoms with E-state index in [0.29, 0.717) is 22.9 Å². The number of ether oxygens (including phenoxy) is 1. The van der Waals surface area contributed by atoms with E-state index in [2.05, 4.69) is 0 Å². The third-order valence-electron chi connectivity index (χ3n) is 2.86. The largest absolute Gasteiger partial charge is 0.488 e. The van der Waals surface area contributed by atoms with Crippen molar-refractivity contribution in [3.05, 3.63) is 68.7 Å². The Bertz CT molecular complexity index is 632. The van der Waals surface area contributed by atoms with E-state index in [0.717, 1.165) is 5.56 Å². The van der Waals surface area contributed by atoms with Crippen molar-refractivity contribution in [1.82, 2.24) is 0 Å². The van der Waals surface area contributed by atoms with Crippen LogP contribution in [0.5, 0.6) is 5.75 Å². The zero-order valence-electron chi connectivity index (χ0n) is 10.6. The second-order valence-electron chi connectivity index (χ2n) is 4.10. The van der Waals surface area contributed by atoms with Crippen LogP contribution in [0.2, 0.25) is 5.02 Å². The highest BCUT2D eigenvalue weighted by Gasteiger charge is 2.17. The number of halogens is 1. The van der Waals surface area contributed by atoms with Gasteiger partial charge < -0.3 is 10.5 Å². The molecule has 0 aromatic heterocycles. The molecule has 6 heteroatoms. The van der Waals surface area contributed by atoms with Gasteiger partial charge in [0.1, 0.15) is 12.4 Å². The molecule has 0 aliphatic carbocycles. The Labute approximate surface area is 121 Å². The van der Waals surface area contributed by atoms with Crippen molar-refractivity contribution in [3.63, 3.8) is 0 Å². The molecule has 0 fully saturated rings. The average molecular weight is 293 g/mol. The average Bonchev–Trinajstić information content (AvgIpc) is 2.46. The lowest BCUT2D eigenvalue weighted by Gasteiger charge is -2.11. The number of hydrogen-bond acceptors (Lipinski definition) is 4. The van der Waals surface area contributed by atoms with Gasteiger partial charge in [0.25, 0.3) is 5.69 Å². The number of rotatable bonds is 5. The summed E-state index contributed by atoms with van der Waals surface area (Å²) in [6, 6.07) is 11.8. The van der Waals surface area contributed by atoms with Crippen LogP contribution < -0.4 is 10.5 Å². The summed E-state index contributed by atoms with van der Waals surface area (Å²) in [6.45, 7) is 0.355. The van der Waals surface area contributed by atoms with Crippen LogP contribution in [-0.4, -0.2) is 4.92 Å². The molecule has 20 heavy (non-hydrogen) atoms. The smallest absolute Gasteiger partial charge is 0.277 e. The number of nitrogens with zero attached hydrogens (tertiary/aromatic N) is 1. The lowest BCUT2D eigenvalue weighted by Crippen LogP contribution is -2.05. The molecule has 0 saturated carbocycles. The molecule has 0 bridgehead atoms. The molecule has 0 atom stereocenters. The zero-order chi connectivity index (χ0) is 14.5. The first-order valence-electron chi connectivity index (χ1n) is 5.96. The Morgan fingerprint density at radius 2 is 1.95 bits per heavy atom. The molecule has 0 unspecified atom stereocenters. The quantitative estimate of drug-likeness (QED) is 0.677. The molecule has 104 valence electrons. The van der Waals surface area contributed by atoms with Crippen molar-refractivity contribution in [3.8, 4) is 5.75 Å². The second-order valence-corrected chi connectivity index (χ2v) is 4.50. The Morgan fingerprint density at radius 1 is 1.20 bits per heavy atom. The van der Waals surface area contributed by atoms with Crippen molar-refractivity contribution in [2.24, 2.45) is 5.73 Å². The van der Waals surface area contributed by atoms with Gasteiger partial charge in [-0.05, 0) is 12.1 Å². The third-order valence-corrected chi connectivity index (χ3v) is 3.21. The lowest BCUT2D eigenvalue weighted by molar-refractivity contribution is -0.385. The highest BCUT2D eigenvalue weighted by molar-refractivity contribution is 6.31. The number of nitro benzene ring substituents is 1. The van der Waals surface area contributed by atoms with Gasteiger partial charge >= 0.3 is 0 Å². The molecule has 2 N–H and O–H groups in total. The highest BCUT2D eigenvalue weighted by Crippen LogP contribution is 2.28. The normalized spacial score (nSPS) is 10.3. The minimum atomic E-state index is -0.473. The van der Waals surface area contributed by atoms with Gasteiger partial charge in [0, 0.05) is 18.2 Å². The lowest BCUT2D eigenvalue weighted by atomic mass is 10.2. The molecular formula is C14H13ClN2O3. The number of hydrogen-bond donors (Lipinski definition) is 1. The van der Waals surface area contributed by atoms with Crippen molar-refractivity contribution in [1.29, 1.82) is 0 Å². The molecule has 0 radical (unpaired) electrons. The predicted molar refractivity (Wildman–Crippen MR) is 76.8 cm³/mol. The molecule has 0 amide bonds. The van der Waals surface area contributed by atoms with E-state index in [-0.39, 0.29) is 12.3 Å². The van der Waals surface area contributed by atoms with Gasteiger partial charge in [-0.25, -0.2) is 0 Å². The standard InChI is InChI=1S/C14H13ClN2O3/c15-12-5-3-6-13(17(18)19)11(12)9-20-14-7-2-1-4-10(14)8-16/h1-7H,8-9,16H2. The molecule has 2 aromatic rings. The first kappa shape index (κ1) is 14.3. The number of nitro groups is 1. The van der Waals surface area contributed by atoms with Gasteiger partial charge in [-0.2, -0.15) is 0 Å². The second kappa shape index (κ2) is 6.36. The van der Waals surface area contributed by atoms with Crippen LogP contribution in [0, 0.1) is 10.1 Å². The molecule has 2 aromatic carbocycles. The Balaban J connectivity index is 2.25. The summed E-state index contributed by atoms with van der Waals surface area (Å²) in [7, 11) is 0. The van der Waals surface area contributed by atoms with Crippen LogP contribution in [0.4, 0.5) is 5.69 Å². The van der Waals surface area contributed by atoms with Crippen LogP contribution in [0.1, 0.15) is 11.1 Å². The predicted octanol–water partition coefficient (Wildman–Crippen LogP) is 3.29. The van der Waals surface area contributed by atoms with Crippen molar-refractivity contribution >= 4 is 17.3 Å². The minimum absolute atomic E-state index is 0.0208. The van der Waals surface area contributed by atoms with Crippen LogP contribution in [-0.2, 0) is 13.2 Å².